The maximum atomic E-state index is 13.3. The zero-order valence-electron chi connectivity index (χ0n) is 10.2. The van der Waals surface area contributed by atoms with Crippen LogP contribution in [0.15, 0.2) is 42.6 Å². The molecule has 0 aliphatic carbocycles. The predicted octanol–water partition coefficient (Wildman–Crippen LogP) is 2.98. The molecule has 94 valence electrons. The molecule has 2 aromatic rings. The molecular weight excluding hydrogens is 231 g/mol. The molecule has 0 aliphatic rings. The molecule has 3 nitrogen and oxygen atoms in total. The molecule has 1 heterocycles. The van der Waals surface area contributed by atoms with Gasteiger partial charge in [0, 0.05) is 24.5 Å². The Morgan fingerprint density at radius 1 is 1.22 bits per heavy atom. The van der Waals surface area contributed by atoms with Gasteiger partial charge in [-0.2, -0.15) is 0 Å². The van der Waals surface area contributed by atoms with Crippen molar-refractivity contribution in [2.45, 2.75) is 13.2 Å². The minimum atomic E-state index is -0.241. The maximum Gasteiger partial charge on any atom is 0.128 e. The predicted molar refractivity (Wildman–Crippen MR) is 68.7 cm³/mol. The van der Waals surface area contributed by atoms with Crippen molar-refractivity contribution in [3.05, 3.63) is 59.7 Å². The van der Waals surface area contributed by atoms with Gasteiger partial charge in [0.2, 0.25) is 0 Å². The van der Waals surface area contributed by atoms with Crippen LogP contribution >= 0.6 is 0 Å². The Hall–Kier alpha value is -1.94. The van der Waals surface area contributed by atoms with Crippen LogP contribution in [-0.4, -0.2) is 12.0 Å². The second-order valence-electron chi connectivity index (χ2n) is 3.87. The Morgan fingerprint density at radius 3 is 2.83 bits per heavy atom. The van der Waals surface area contributed by atoms with Crippen molar-refractivity contribution < 1.29 is 9.13 Å². The van der Waals surface area contributed by atoms with Gasteiger partial charge < -0.3 is 10.1 Å². The monoisotopic (exact) mass is 246 g/mol. The number of anilines is 1. The number of hydrogen-bond donors (Lipinski definition) is 1. The van der Waals surface area contributed by atoms with Gasteiger partial charge in [-0.05, 0) is 18.2 Å². The van der Waals surface area contributed by atoms with E-state index in [2.05, 4.69) is 10.3 Å². The average Bonchev–Trinajstić information content (AvgIpc) is 2.41. The first-order valence-corrected chi connectivity index (χ1v) is 5.73. The normalized spacial score (nSPS) is 10.3. The van der Waals surface area contributed by atoms with E-state index in [9.17, 15) is 4.39 Å². The van der Waals surface area contributed by atoms with Crippen LogP contribution in [0.4, 0.5) is 10.1 Å². The summed E-state index contributed by atoms with van der Waals surface area (Å²) in [6.07, 6.45) is 1.72. The lowest BCUT2D eigenvalue weighted by Crippen LogP contribution is -1.99. The van der Waals surface area contributed by atoms with E-state index in [-0.39, 0.29) is 12.4 Å². The minimum absolute atomic E-state index is 0.241. The van der Waals surface area contributed by atoms with E-state index < -0.39 is 0 Å². The first kappa shape index (κ1) is 12.5. The number of aromatic nitrogens is 1. The molecule has 1 aromatic carbocycles. The summed E-state index contributed by atoms with van der Waals surface area (Å²) in [7, 11) is 1.85. The van der Waals surface area contributed by atoms with Crippen LogP contribution in [0.25, 0.3) is 0 Å². The Balaban J connectivity index is 1.90. The maximum absolute atomic E-state index is 13.3. The van der Waals surface area contributed by atoms with Gasteiger partial charge in [0.15, 0.2) is 0 Å². The van der Waals surface area contributed by atoms with Crippen molar-refractivity contribution in [1.82, 2.24) is 4.98 Å². The minimum Gasteiger partial charge on any atom is -0.388 e. The van der Waals surface area contributed by atoms with Crippen LogP contribution in [0, 0.1) is 5.82 Å². The van der Waals surface area contributed by atoms with Gasteiger partial charge >= 0.3 is 0 Å². The Kier molecular flexibility index (Phi) is 4.25. The molecule has 0 saturated heterocycles. The highest BCUT2D eigenvalue weighted by molar-refractivity contribution is 5.42. The number of ether oxygens (including phenoxy) is 1. The lowest BCUT2D eigenvalue weighted by Gasteiger charge is -2.06. The lowest BCUT2D eigenvalue weighted by atomic mass is 10.2. The van der Waals surface area contributed by atoms with E-state index in [0.717, 1.165) is 11.4 Å². The molecule has 0 spiro atoms. The fraction of sp³-hybridized carbons (Fsp3) is 0.214. The molecule has 0 saturated carbocycles. The van der Waals surface area contributed by atoms with Gasteiger partial charge in [-0.15, -0.1) is 0 Å². The van der Waals surface area contributed by atoms with E-state index in [0.29, 0.717) is 12.2 Å². The summed E-state index contributed by atoms with van der Waals surface area (Å²) in [5.41, 5.74) is 2.36. The zero-order valence-corrected chi connectivity index (χ0v) is 10.2. The van der Waals surface area contributed by atoms with Crippen molar-refractivity contribution in [2.24, 2.45) is 0 Å². The summed E-state index contributed by atoms with van der Waals surface area (Å²) in [6, 6.07) is 10.4. The van der Waals surface area contributed by atoms with E-state index >= 15 is 0 Å². The molecule has 0 bridgehead atoms. The highest BCUT2D eigenvalue weighted by atomic mass is 19.1. The number of benzene rings is 1. The summed E-state index contributed by atoms with van der Waals surface area (Å²) in [5.74, 6) is -0.241. The van der Waals surface area contributed by atoms with Crippen molar-refractivity contribution in [3.8, 4) is 0 Å². The van der Waals surface area contributed by atoms with Crippen LogP contribution in [-0.2, 0) is 18.0 Å². The molecule has 0 aliphatic heterocycles. The summed E-state index contributed by atoms with van der Waals surface area (Å²) < 4.78 is 18.8. The molecule has 0 atom stereocenters. The van der Waals surface area contributed by atoms with E-state index in [4.69, 9.17) is 4.74 Å². The van der Waals surface area contributed by atoms with Crippen LogP contribution in [0.5, 0.6) is 0 Å². The second-order valence-corrected chi connectivity index (χ2v) is 3.87. The third-order valence-corrected chi connectivity index (χ3v) is 2.57. The molecule has 0 radical (unpaired) electrons. The molecule has 1 N–H and O–H groups in total. The fourth-order valence-electron chi connectivity index (χ4n) is 1.59. The third kappa shape index (κ3) is 3.28. The topological polar surface area (TPSA) is 34.2 Å². The number of halogens is 1. The third-order valence-electron chi connectivity index (χ3n) is 2.57. The first-order chi connectivity index (χ1) is 8.79. The summed E-state index contributed by atoms with van der Waals surface area (Å²) in [4.78, 5) is 4.18. The SMILES string of the molecule is CNc1ccnc(COCc2ccccc2F)c1. The zero-order chi connectivity index (χ0) is 12.8. The molecule has 0 amide bonds. The number of rotatable bonds is 5. The number of pyridine rings is 1. The average molecular weight is 246 g/mol. The molecule has 2 rings (SSSR count). The van der Waals surface area contributed by atoms with Gasteiger partial charge in [0.05, 0.1) is 18.9 Å². The van der Waals surface area contributed by atoms with E-state index in [1.54, 1.807) is 24.4 Å². The highest BCUT2D eigenvalue weighted by Crippen LogP contribution is 2.11. The van der Waals surface area contributed by atoms with Crippen molar-refractivity contribution in [3.63, 3.8) is 0 Å². The Morgan fingerprint density at radius 2 is 2.06 bits per heavy atom. The van der Waals surface area contributed by atoms with Crippen LogP contribution in [0.1, 0.15) is 11.3 Å². The number of nitrogens with zero attached hydrogens (tertiary/aromatic N) is 1. The highest BCUT2D eigenvalue weighted by Gasteiger charge is 2.01. The quantitative estimate of drug-likeness (QED) is 0.880. The molecule has 18 heavy (non-hydrogen) atoms. The fourth-order valence-corrected chi connectivity index (χ4v) is 1.59. The Labute approximate surface area is 106 Å². The van der Waals surface area contributed by atoms with E-state index in [1.807, 2.05) is 19.2 Å². The largest absolute Gasteiger partial charge is 0.388 e. The van der Waals surface area contributed by atoms with Crippen molar-refractivity contribution in [2.75, 3.05) is 12.4 Å². The van der Waals surface area contributed by atoms with Crippen LogP contribution in [0.2, 0.25) is 0 Å². The summed E-state index contributed by atoms with van der Waals surface area (Å²) in [6.45, 7) is 0.613. The number of hydrogen-bond acceptors (Lipinski definition) is 3. The molecule has 4 heteroatoms. The van der Waals surface area contributed by atoms with Gasteiger partial charge in [0.1, 0.15) is 5.82 Å². The van der Waals surface area contributed by atoms with Gasteiger partial charge in [0.25, 0.3) is 0 Å². The lowest BCUT2D eigenvalue weighted by molar-refractivity contribution is 0.102. The summed E-state index contributed by atoms with van der Waals surface area (Å²) in [5, 5.41) is 3.03. The first-order valence-electron chi connectivity index (χ1n) is 5.73. The van der Waals surface area contributed by atoms with E-state index in [1.165, 1.54) is 6.07 Å². The molecular formula is C14H15FN2O. The molecule has 0 fully saturated rings. The smallest absolute Gasteiger partial charge is 0.128 e. The number of nitrogens with one attached hydrogen (secondary N) is 1. The second kappa shape index (κ2) is 6.12. The van der Waals surface area contributed by atoms with Gasteiger partial charge in [-0.25, -0.2) is 4.39 Å². The van der Waals surface area contributed by atoms with Gasteiger partial charge in [-0.3, -0.25) is 4.98 Å². The van der Waals surface area contributed by atoms with Crippen LogP contribution in [0.3, 0.4) is 0 Å². The molecule has 1 aromatic heterocycles. The molecule has 0 unspecified atom stereocenters. The standard InChI is InChI=1S/C14H15FN2O/c1-16-12-6-7-17-13(8-12)10-18-9-11-4-2-3-5-14(11)15/h2-8H,9-10H2,1H3,(H,16,17). The van der Waals surface area contributed by atoms with Crippen molar-refractivity contribution >= 4 is 5.69 Å². The van der Waals surface area contributed by atoms with Crippen LogP contribution < -0.4 is 5.32 Å². The van der Waals surface area contributed by atoms with Crippen molar-refractivity contribution in [1.29, 1.82) is 0 Å². The summed E-state index contributed by atoms with van der Waals surface area (Å²) >= 11 is 0. The Bertz CT molecular complexity index is 517. The van der Waals surface area contributed by atoms with Gasteiger partial charge in [-0.1, -0.05) is 18.2 Å².